The lowest BCUT2D eigenvalue weighted by Gasteiger charge is -2.34. The number of imidazole rings is 1. The largest absolute Gasteiger partial charge is 0.542 e. The van der Waals surface area contributed by atoms with Crippen molar-refractivity contribution in [3.8, 4) is 5.75 Å². The predicted octanol–water partition coefficient (Wildman–Crippen LogP) is 2.38. The van der Waals surface area contributed by atoms with Crippen LogP contribution in [0.2, 0.25) is 0 Å². The van der Waals surface area contributed by atoms with E-state index in [1.54, 1.807) is 9.80 Å². The Morgan fingerprint density at radius 1 is 0.981 bits per heavy atom. The molecule has 5 rings (SSSR count). The number of carbonyl (C=O) groups excluding carboxylic acids is 3. The van der Waals surface area contributed by atoms with Gasteiger partial charge < -0.3 is 44.8 Å². The van der Waals surface area contributed by atoms with Crippen LogP contribution in [0.15, 0.2) is 48.5 Å². The zero-order valence-corrected chi connectivity index (χ0v) is 28.5. The number of nitrogens with two attached hydrogens (primary N) is 1. The molecule has 0 unspecified atom stereocenters. The molecule has 2 aliphatic heterocycles. The van der Waals surface area contributed by atoms with Crippen molar-refractivity contribution < 1.29 is 74.5 Å². The first-order valence-electron chi connectivity index (χ1n) is 16.3. The van der Waals surface area contributed by atoms with Gasteiger partial charge in [-0.1, -0.05) is 30.3 Å². The van der Waals surface area contributed by atoms with Crippen LogP contribution in [0.3, 0.4) is 0 Å². The van der Waals surface area contributed by atoms with E-state index in [9.17, 15) is 35.9 Å². The first-order valence-corrected chi connectivity index (χ1v) is 16.3. The molecule has 2 amide bonds. The van der Waals surface area contributed by atoms with E-state index in [1.165, 1.54) is 0 Å². The van der Waals surface area contributed by atoms with Gasteiger partial charge >= 0.3 is 24.4 Å². The first kappa shape index (κ1) is 42.3. The molecule has 20 heteroatoms. The Bertz CT molecular complexity index is 1660. The molecule has 0 aliphatic carbocycles. The van der Waals surface area contributed by atoms with Gasteiger partial charge in [0.25, 0.3) is 11.7 Å². The third-order valence-corrected chi connectivity index (χ3v) is 7.99. The molecule has 0 saturated carbocycles. The van der Waals surface area contributed by atoms with Crippen molar-refractivity contribution in [2.75, 3.05) is 39.4 Å². The molecule has 2 saturated heterocycles. The lowest BCUT2D eigenvalue weighted by Crippen LogP contribution is -2.51. The van der Waals surface area contributed by atoms with Gasteiger partial charge in [0.1, 0.15) is 24.9 Å². The predicted molar refractivity (Wildman–Crippen MR) is 170 cm³/mol. The molecule has 2 fully saturated rings. The number of nitrogens with zero attached hydrogens (tertiary/aromatic N) is 4. The Morgan fingerprint density at radius 3 is 2.09 bits per heavy atom. The minimum Gasteiger partial charge on any atom is -0.542 e. The van der Waals surface area contributed by atoms with Crippen LogP contribution in [0.5, 0.6) is 5.75 Å². The minimum atomic E-state index is -5.19. The molecule has 0 spiro atoms. The van der Waals surface area contributed by atoms with Crippen LogP contribution < -0.4 is 20.1 Å². The van der Waals surface area contributed by atoms with E-state index in [-0.39, 0.29) is 31.3 Å². The second-order valence-corrected chi connectivity index (χ2v) is 11.5. The van der Waals surface area contributed by atoms with Crippen LogP contribution >= 0.6 is 0 Å². The molecule has 0 bridgehead atoms. The summed E-state index contributed by atoms with van der Waals surface area (Å²) in [6.07, 6.45) is -8.34. The number of piperazine rings is 1. The highest BCUT2D eigenvalue weighted by Gasteiger charge is 2.38. The summed E-state index contributed by atoms with van der Waals surface area (Å²) in [5.41, 5.74) is 9.22. The van der Waals surface area contributed by atoms with Gasteiger partial charge in [-0.25, -0.2) is 18.7 Å². The van der Waals surface area contributed by atoms with Crippen LogP contribution in [0.25, 0.3) is 11.0 Å². The number of ether oxygens (including phenoxy) is 3. The van der Waals surface area contributed by atoms with Crippen LogP contribution in [0.4, 0.5) is 31.1 Å². The van der Waals surface area contributed by atoms with Crippen LogP contribution in [-0.2, 0) is 50.1 Å². The number of hydrogen-bond donors (Lipinski definition) is 2. The number of carboxylic acids is 2. The molecular weight excluding hydrogens is 724 g/mol. The van der Waals surface area contributed by atoms with Gasteiger partial charge in [0.05, 0.1) is 19.2 Å². The van der Waals surface area contributed by atoms with Gasteiger partial charge in [0.15, 0.2) is 17.6 Å². The summed E-state index contributed by atoms with van der Waals surface area (Å²) in [5, 5.41) is 15.9. The molecule has 3 N–H and O–H groups in total. The SMILES string of the molecule is CC[n+]1c(CN)n(C[C@@H]2CCCO2)c2cc(OCC(=O)N3CCN(C(=O)OCc4ccccc4)CC3)ccc21.O=C(O)C(F)(F)F.O=C([O-])C(F)(F)F. The number of aliphatic carboxylic acids is 2. The lowest BCUT2D eigenvalue weighted by atomic mass is 10.2. The number of aryl methyl sites for hydroxylation is 1. The maximum Gasteiger partial charge on any atom is 0.490 e. The minimum absolute atomic E-state index is 0.0616. The number of carboxylic acid groups (broad SMARTS) is 2. The molecule has 2 aromatic carbocycles. The average Bonchev–Trinajstić information content (AvgIpc) is 3.75. The molecule has 53 heavy (non-hydrogen) atoms. The zero-order valence-electron chi connectivity index (χ0n) is 28.5. The molecule has 2 aliphatic rings. The van der Waals surface area contributed by atoms with Gasteiger partial charge in [0, 0.05) is 38.9 Å². The summed E-state index contributed by atoms with van der Waals surface area (Å²) in [4.78, 5) is 46.4. The summed E-state index contributed by atoms with van der Waals surface area (Å²) in [6, 6.07) is 15.5. The number of alkyl halides is 6. The second-order valence-electron chi connectivity index (χ2n) is 11.5. The Balaban J connectivity index is 0.000000458. The van der Waals surface area contributed by atoms with Crippen molar-refractivity contribution in [2.24, 2.45) is 5.73 Å². The topological polar surface area (TPSA) is 181 Å². The Morgan fingerprint density at radius 2 is 1.58 bits per heavy atom. The highest BCUT2D eigenvalue weighted by Crippen LogP contribution is 2.24. The Hall–Kier alpha value is -5.11. The van der Waals surface area contributed by atoms with E-state index in [0.29, 0.717) is 38.5 Å². The highest BCUT2D eigenvalue weighted by atomic mass is 19.4. The van der Waals surface area contributed by atoms with E-state index in [2.05, 4.69) is 16.1 Å². The van der Waals surface area contributed by atoms with Gasteiger partial charge in [0.2, 0.25) is 0 Å². The van der Waals surface area contributed by atoms with Crippen molar-refractivity contribution in [3.05, 3.63) is 59.9 Å². The molecule has 1 aromatic heterocycles. The molecular formula is C33H39F6N5O9. The van der Waals surface area contributed by atoms with E-state index >= 15 is 0 Å². The zero-order chi connectivity index (χ0) is 39.3. The van der Waals surface area contributed by atoms with Crippen molar-refractivity contribution in [2.45, 2.75) is 64.5 Å². The number of hydrogen-bond acceptors (Lipinski definition) is 9. The van der Waals surface area contributed by atoms with E-state index < -0.39 is 24.3 Å². The van der Waals surface area contributed by atoms with Gasteiger partial charge in [-0.3, -0.25) is 4.79 Å². The summed E-state index contributed by atoms with van der Waals surface area (Å²) in [6.45, 7) is 6.83. The number of carbonyl (C=O) groups is 4. The monoisotopic (exact) mass is 763 g/mol. The molecule has 0 radical (unpaired) electrons. The van der Waals surface area contributed by atoms with Crippen molar-refractivity contribution in [1.29, 1.82) is 0 Å². The maximum atomic E-state index is 12.9. The smallest absolute Gasteiger partial charge is 0.490 e. The van der Waals surface area contributed by atoms with Gasteiger partial charge in [-0.15, -0.1) is 0 Å². The third kappa shape index (κ3) is 12.5. The number of aromatic nitrogens is 2. The fraction of sp³-hybridized carbons (Fsp3) is 0.485. The van der Waals surface area contributed by atoms with Crippen molar-refractivity contribution >= 4 is 35.0 Å². The standard InChI is InChI=1S/C29H38N5O5.2C2HF3O2/c1-2-33-25-11-10-23(17-26(25)34(27(33)18-30)19-24-9-6-16-37-24)38-21-28(35)31-12-14-32(15-13-31)29(36)39-20-22-7-4-3-5-8-22;2*3-2(4,5)1(6)7/h3-5,7-8,10-11,17,24H,2,6,9,12-16,18-21,30H2,1H3;2*(H,6,7)/q+1;;/p-1/t24-;;/m0../s1. The van der Waals surface area contributed by atoms with E-state index in [4.69, 9.17) is 39.7 Å². The average molecular weight is 764 g/mol. The number of fused-ring (bicyclic) bond motifs is 1. The summed E-state index contributed by atoms with van der Waals surface area (Å²) in [7, 11) is 0. The van der Waals surface area contributed by atoms with Crippen LogP contribution in [0.1, 0.15) is 31.2 Å². The lowest BCUT2D eigenvalue weighted by molar-refractivity contribution is -0.676. The molecule has 14 nitrogen and oxygen atoms in total. The molecule has 1 atom stereocenters. The first-order chi connectivity index (χ1) is 25.0. The summed E-state index contributed by atoms with van der Waals surface area (Å²) >= 11 is 0. The highest BCUT2D eigenvalue weighted by molar-refractivity contribution is 5.79. The summed E-state index contributed by atoms with van der Waals surface area (Å²) < 4.78 is 85.0. The number of rotatable bonds is 9. The molecule has 292 valence electrons. The molecule has 3 heterocycles. The van der Waals surface area contributed by atoms with E-state index in [0.717, 1.165) is 55.0 Å². The normalized spacial score (nSPS) is 15.9. The van der Waals surface area contributed by atoms with Crippen molar-refractivity contribution in [3.63, 3.8) is 0 Å². The third-order valence-electron chi connectivity index (χ3n) is 7.99. The number of amides is 2. The summed E-state index contributed by atoms with van der Waals surface area (Å²) in [5.74, 6) is -4.18. The maximum absolute atomic E-state index is 12.9. The van der Waals surface area contributed by atoms with Crippen LogP contribution in [-0.4, -0.2) is 101 Å². The fourth-order valence-corrected chi connectivity index (χ4v) is 5.42. The number of benzene rings is 2. The van der Waals surface area contributed by atoms with E-state index in [1.807, 2.05) is 48.5 Å². The molecule has 3 aromatic rings. The van der Waals surface area contributed by atoms with Gasteiger partial charge in [-0.05, 0) is 37.5 Å². The van der Waals surface area contributed by atoms with Crippen LogP contribution in [0, 0.1) is 0 Å². The number of halogens is 6. The Labute approximate surface area is 299 Å². The second kappa shape index (κ2) is 19.1. The Kier molecular flexibility index (Phi) is 15.3. The van der Waals surface area contributed by atoms with Gasteiger partial charge in [-0.2, -0.15) is 26.3 Å². The fourth-order valence-electron chi connectivity index (χ4n) is 5.42. The van der Waals surface area contributed by atoms with Crippen molar-refractivity contribution in [1.82, 2.24) is 14.4 Å². The quantitative estimate of drug-likeness (QED) is 0.243.